The first-order chi connectivity index (χ1) is 14.7. The van der Waals surface area contributed by atoms with Crippen molar-refractivity contribution in [3.8, 4) is 0 Å². The molecule has 3 aromatic rings. The molecule has 0 bridgehead atoms. The molecule has 1 aliphatic rings. The number of anilines is 2. The highest BCUT2D eigenvalue weighted by atomic mass is 32.2. The van der Waals surface area contributed by atoms with E-state index < -0.39 is 0 Å². The van der Waals surface area contributed by atoms with Gasteiger partial charge in [-0.3, -0.25) is 9.59 Å². The van der Waals surface area contributed by atoms with Gasteiger partial charge in [-0.25, -0.2) is 0 Å². The number of carbonyl (C=O) groups is 2. The van der Waals surface area contributed by atoms with Crippen molar-refractivity contribution in [1.82, 2.24) is 0 Å². The average molecular weight is 417 g/mol. The highest BCUT2D eigenvalue weighted by Gasteiger charge is 2.24. The lowest BCUT2D eigenvalue weighted by molar-refractivity contribution is -0.119. The van der Waals surface area contributed by atoms with E-state index in [-0.39, 0.29) is 11.8 Å². The third-order valence-corrected chi connectivity index (χ3v) is 6.10. The molecule has 0 saturated carbocycles. The predicted molar refractivity (Wildman–Crippen MR) is 123 cm³/mol. The second-order valence-electron chi connectivity index (χ2n) is 7.27. The van der Waals surface area contributed by atoms with Crippen molar-refractivity contribution in [2.24, 2.45) is 0 Å². The average Bonchev–Trinajstić information content (AvgIpc) is 2.77. The molecule has 1 aliphatic heterocycles. The highest BCUT2D eigenvalue weighted by Crippen LogP contribution is 2.31. The number of nitrogens with one attached hydrogen (secondary N) is 1. The van der Waals surface area contributed by atoms with Crippen LogP contribution in [0.2, 0.25) is 0 Å². The first kappa shape index (κ1) is 20.2. The minimum atomic E-state index is 0.00593. The SMILES string of the molecule is O=C(CCSc1ccccc1)Nc1ccc2c(c1)CCC(=O)N2Cc1ccccc1. The second kappa shape index (κ2) is 9.63. The maximum atomic E-state index is 12.5. The Balaban J connectivity index is 1.38. The molecule has 0 aromatic heterocycles. The quantitative estimate of drug-likeness (QED) is 0.533. The van der Waals surface area contributed by atoms with Crippen LogP contribution in [0.5, 0.6) is 0 Å². The topological polar surface area (TPSA) is 49.4 Å². The van der Waals surface area contributed by atoms with Gasteiger partial charge in [0.15, 0.2) is 0 Å². The fourth-order valence-electron chi connectivity index (χ4n) is 3.58. The van der Waals surface area contributed by atoms with Gasteiger partial charge in [-0.2, -0.15) is 0 Å². The molecular formula is C25H24N2O2S. The molecule has 0 radical (unpaired) electrons. The Bertz CT molecular complexity index is 1020. The third kappa shape index (κ3) is 5.10. The normalized spacial score (nSPS) is 13.1. The number of aryl methyl sites for hydroxylation is 1. The third-order valence-electron chi connectivity index (χ3n) is 5.09. The van der Waals surface area contributed by atoms with Gasteiger partial charge in [0.25, 0.3) is 0 Å². The number of hydrogen-bond acceptors (Lipinski definition) is 3. The predicted octanol–water partition coefficient (Wildman–Crippen LogP) is 5.29. The van der Waals surface area contributed by atoms with Crippen molar-refractivity contribution in [2.75, 3.05) is 16.0 Å². The molecule has 30 heavy (non-hydrogen) atoms. The summed E-state index contributed by atoms with van der Waals surface area (Å²) >= 11 is 1.68. The van der Waals surface area contributed by atoms with Crippen LogP contribution >= 0.6 is 11.8 Å². The smallest absolute Gasteiger partial charge is 0.227 e. The summed E-state index contributed by atoms with van der Waals surface area (Å²) < 4.78 is 0. The number of carbonyl (C=O) groups excluding carboxylic acids is 2. The minimum absolute atomic E-state index is 0.00593. The van der Waals surface area contributed by atoms with Gasteiger partial charge in [-0.1, -0.05) is 48.5 Å². The first-order valence-electron chi connectivity index (χ1n) is 10.1. The molecule has 0 spiro atoms. The molecule has 1 N–H and O–H groups in total. The lowest BCUT2D eigenvalue weighted by Gasteiger charge is -2.30. The van der Waals surface area contributed by atoms with Crippen molar-refractivity contribution < 1.29 is 9.59 Å². The summed E-state index contributed by atoms with van der Waals surface area (Å²) in [7, 11) is 0. The van der Waals surface area contributed by atoms with Gasteiger partial charge < -0.3 is 10.2 Å². The summed E-state index contributed by atoms with van der Waals surface area (Å²) in [5.41, 5.74) is 3.93. The zero-order valence-corrected chi connectivity index (χ0v) is 17.5. The minimum Gasteiger partial charge on any atom is -0.326 e. The highest BCUT2D eigenvalue weighted by molar-refractivity contribution is 7.99. The first-order valence-corrected chi connectivity index (χ1v) is 11.1. The van der Waals surface area contributed by atoms with Gasteiger partial charge in [-0.05, 0) is 47.9 Å². The number of thioether (sulfide) groups is 1. The van der Waals surface area contributed by atoms with Crippen LogP contribution in [0.4, 0.5) is 11.4 Å². The number of amides is 2. The fraction of sp³-hybridized carbons (Fsp3) is 0.200. The molecule has 5 heteroatoms. The van der Waals surface area contributed by atoms with Crippen LogP contribution in [0.1, 0.15) is 24.0 Å². The molecule has 4 rings (SSSR count). The van der Waals surface area contributed by atoms with E-state index >= 15 is 0 Å². The lowest BCUT2D eigenvalue weighted by atomic mass is 9.99. The molecule has 1 heterocycles. The summed E-state index contributed by atoms with van der Waals surface area (Å²) in [6.45, 7) is 0.565. The van der Waals surface area contributed by atoms with Crippen LogP contribution in [0.15, 0.2) is 83.8 Å². The molecule has 0 aliphatic carbocycles. The zero-order chi connectivity index (χ0) is 20.8. The Kier molecular flexibility index (Phi) is 6.50. The zero-order valence-electron chi connectivity index (χ0n) is 16.7. The van der Waals surface area contributed by atoms with Crippen molar-refractivity contribution in [3.05, 3.63) is 90.0 Å². The van der Waals surface area contributed by atoms with E-state index in [1.165, 1.54) is 4.90 Å². The number of hydrogen-bond donors (Lipinski definition) is 1. The van der Waals surface area contributed by atoms with Gasteiger partial charge in [0, 0.05) is 34.9 Å². The van der Waals surface area contributed by atoms with Crippen LogP contribution in [0.25, 0.3) is 0 Å². The Labute approximate surface area is 181 Å². The summed E-state index contributed by atoms with van der Waals surface area (Å²) in [4.78, 5) is 27.9. The molecular weight excluding hydrogens is 392 g/mol. The summed E-state index contributed by atoms with van der Waals surface area (Å²) in [5, 5.41) is 3.00. The molecule has 0 fully saturated rings. The van der Waals surface area contributed by atoms with Crippen molar-refractivity contribution in [1.29, 1.82) is 0 Å². The molecule has 152 valence electrons. The molecule has 4 nitrogen and oxygen atoms in total. The summed E-state index contributed by atoms with van der Waals surface area (Å²) in [6.07, 6.45) is 1.65. The Morgan fingerprint density at radius 1 is 0.933 bits per heavy atom. The molecule has 3 aromatic carbocycles. The van der Waals surface area contributed by atoms with E-state index in [0.29, 0.717) is 25.8 Å². The van der Waals surface area contributed by atoms with E-state index in [1.54, 1.807) is 11.8 Å². The van der Waals surface area contributed by atoms with E-state index in [1.807, 2.05) is 71.6 Å². The standard InChI is InChI=1S/C25H24N2O2S/c28-24(15-16-30-22-9-5-2-6-10-22)26-21-12-13-23-20(17-21)11-14-25(29)27(23)18-19-7-3-1-4-8-19/h1-10,12-13,17H,11,14-16,18H2,(H,26,28). The van der Waals surface area contributed by atoms with Crippen molar-refractivity contribution >= 4 is 35.0 Å². The summed E-state index contributed by atoms with van der Waals surface area (Å²) in [6, 6.07) is 25.9. The van der Waals surface area contributed by atoms with Crippen LogP contribution in [-0.2, 0) is 22.6 Å². The van der Waals surface area contributed by atoms with E-state index in [4.69, 9.17) is 0 Å². The van der Waals surface area contributed by atoms with Gasteiger partial charge >= 0.3 is 0 Å². The monoisotopic (exact) mass is 416 g/mol. The van der Waals surface area contributed by atoms with E-state index in [0.717, 1.165) is 28.3 Å². The van der Waals surface area contributed by atoms with Gasteiger partial charge in [0.2, 0.25) is 11.8 Å². The molecule has 0 unspecified atom stereocenters. The number of fused-ring (bicyclic) bond motifs is 1. The maximum Gasteiger partial charge on any atom is 0.227 e. The van der Waals surface area contributed by atoms with Crippen LogP contribution in [0, 0.1) is 0 Å². The van der Waals surface area contributed by atoms with Gasteiger partial charge in [0.1, 0.15) is 0 Å². The van der Waals surface area contributed by atoms with E-state index in [2.05, 4.69) is 17.4 Å². The Morgan fingerprint density at radius 3 is 2.43 bits per heavy atom. The fourth-order valence-corrected chi connectivity index (χ4v) is 4.45. The lowest BCUT2D eigenvalue weighted by Crippen LogP contribution is -2.34. The van der Waals surface area contributed by atoms with Crippen LogP contribution < -0.4 is 10.2 Å². The van der Waals surface area contributed by atoms with Gasteiger partial charge in [0.05, 0.1) is 6.54 Å². The van der Waals surface area contributed by atoms with Crippen molar-refractivity contribution in [2.45, 2.75) is 30.7 Å². The second-order valence-corrected chi connectivity index (χ2v) is 8.44. The van der Waals surface area contributed by atoms with E-state index in [9.17, 15) is 9.59 Å². The molecule has 2 amide bonds. The summed E-state index contributed by atoms with van der Waals surface area (Å²) in [5.74, 6) is 0.882. The molecule has 0 saturated heterocycles. The van der Waals surface area contributed by atoms with Crippen molar-refractivity contribution in [3.63, 3.8) is 0 Å². The number of rotatable bonds is 7. The Morgan fingerprint density at radius 2 is 1.67 bits per heavy atom. The number of benzene rings is 3. The Hall–Kier alpha value is -3.05. The van der Waals surface area contributed by atoms with Crippen LogP contribution in [-0.4, -0.2) is 17.6 Å². The molecule has 0 atom stereocenters. The van der Waals surface area contributed by atoms with Gasteiger partial charge in [-0.15, -0.1) is 11.8 Å². The maximum absolute atomic E-state index is 12.5. The largest absolute Gasteiger partial charge is 0.326 e. The number of nitrogens with zero attached hydrogens (tertiary/aromatic N) is 1. The van der Waals surface area contributed by atoms with Crippen LogP contribution in [0.3, 0.4) is 0 Å².